The van der Waals surface area contributed by atoms with E-state index in [4.69, 9.17) is 5.48 Å². The zero-order chi connectivity index (χ0) is 16.5. The predicted molar refractivity (Wildman–Crippen MR) is 80.4 cm³/mol. The van der Waals surface area contributed by atoms with Crippen LogP contribution >= 0.6 is 0 Å². The lowest BCUT2D eigenvalue weighted by Gasteiger charge is -2.57. The maximum absolute atomic E-state index is 8.61. The molecule has 4 aliphatic rings. The van der Waals surface area contributed by atoms with E-state index in [9.17, 15) is 0 Å². The molecule has 0 heterocycles. The van der Waals surface area contributed by atoms with Gasteiger partial charge in [0.05, 0.1) is 5.48 Å². The van der Waals surface area contributed by atoms with Crippen LogP contribution in [0, 0.1) is 17.8 Å². The number of benzene rings is 1. The molecule has 0 unspecified atom stereocenters. The molecule has 5 rings (SSSR count). The Morgan fingerprint density at radius 1 is 0.947 bits per heavy atom. The number of hydrogen-bond donors (Lipinski definition) is 0. The summed E-state index contributed by atoms with van der Waals surface area (Å²) in [4.78, 5) is 0. The van der Waals surface area contributed by atoms with Crippen molar-refractivity contribution < 1.29 is 5.48 Å². The van der Waals surface area contributed by atoms with E-state index < -0.39 is 0 Å². The lowest BCUT2D eigenvalue weighted by molar-refractivity contribution is -0.00519. The molecule has 1 aromatic rings. The van der Waals surface area contributed by atoms with Gasteiger partial charge in [0.2, 0.25) is 0 Å². The van der Waals surface area contributed by atoms with Crippen molar-refractivity contribution in [3.8, 4) is 0 Å². The quantitative estimate of drug-likeness (QED) is 0.677. The first kappa shape index (κ1) is 8.49. The van der Waals surface area contributed by atoms with Crippen LogP contribution in [0.15, 0.2) is 24.2 Å². The molecule has 19 heavy (non-hydrogen) atoms. The minimum Gasteiger partial charge on any atom is -0.0587 e. The van der Waals surface area contributed by atoms with Crippen molar-refractivity contribution >= 4 is 0 Å². The average Bonchev–Trinajstić information content (AvgIpc) is 2.43. The van der Waals surface area contributed by atoms with Crippen LogP contribution in [0.5, 0.6) is 0 Å². The van der Waals surface area contributed by atoms with Crippen LogP contribution in [0.1, 0.15) is 74.9 Å². The van der Waals surface area contributed by atoms with Crippen molar-refractivity contribution in [1.82, 2.24) is 0 Å². The normalized spacial score (nSPS) is 43.0. The minimum absolute atomic E-state index is 0.0219. The third-order valence-corrected chi connectivity index (χ3v) is 5.79. The van der Waals surface area contributed by atoms with E-state index in [-0.39, 0.29) is 35.5 Å². The van der Waals surface area contributed by atoms with E-state index in [1.54, 1.807) is 0 Å². The van der Waals surface area contributed by atoms with E-state index in [0.29, 0.717) is 5.56 Å². The van der Waals surface area contributed by atoms with Crippen molar-refractivity contribution in [2.45, 2.75) is 63.7 Å². The van der Waals surface area contributed by atoms with Gasteiger partial charge in [-0.05, 0) is 78.7 Å². The average molecular weight is 258 g/mol. The third-order valence-electron chi connectivity index (χ3n) is 5.79. The number of rotatable bonds is 2. The van der Waals surface area contributed by atoms with E-state index in [1.165, 1.54) is 19.3 Å². The Kier molecular flexibility index (Phi) is 1.84. The fraction of sp³-hybridized carbons (Fsp3) is 0.684. The Balaban J connectivity index is 1.90. The minimum atomic E-state index is -0.0793. The highest BCUT2D eigenvalue weighted by atomic mass is 14.6. The summed E-state index contributed by atoms with van der Waals surface area (Å²) in [5, 5.41) is 0. The summed E-state index contributed by atoms with van der Waals surface area (Å²) in [6.07, 6.45) is 7.21. The molecule has 0 N–H and O–H groups in total. The van der Waals surface area contributed by atoms with Gasteiger partial charge in [-0.3, -0.25) is 0 Å². The molecule has 0 aliphatic heterocycles. The van der Waals surface area contributed by atoms with Crippen molar-refractivity contribution in [3.05, 3.63) is 35.3 Å². The Morgan fingerprint density at radius 3 is 1.84 bits per heavy atom. The Hall–Kier alpha value is -0.780. The highest BCUT2D eigenvalue weighted by Crippen LogP contribution is 2.60. The first-order chi connectivity index (χ1) is 10.8. The van der Waals surface area contributed by atoms with Crippen LogP contribution in [0.25, 0.3) is 0 Å². The SMILES string of the molecule is [2H]c1c([2H])c(C23CC4CC(CC(C4)C2)C3)c([2H])c([2H])c1C(C)C. The summed E-state index contributed by atoms with van der Waals surface area (Å²) in [6.45, 7) is 3.91. The molecule has 0 spiro atoms. The van der Waals surface area contributed by atoms with Crippen LogP contribution in [-0.4, -0.2) is 0 Å². The molecular weight excluding hydrogens is 228 g/mol. The molecule has 4 saturated carbocycles. The fourth-order valence-corrected chi connectivity index (χ4v) is 5.29. The lowest BCUT2D eigenvalue weighted by atomic mass is 9.48. The van der Waals surface area contributed by atoms with E-state index in [0.717, 1.165) is 42.6 Å². The Bertz CT molecular complexity index is 598. The predicted octanol–water partition coefficient (Wildman–Crippen LogP) is 5.28. The smallest absolute Gasteiger partial charge is 0.0587 e. The molecule has 102 valence electrons. The van der Waals surface area contributed by atoms with Gasteiger partial charge in [0.1, 0.15) is 0 Å². The maximum Gasteiger partial charge on any atom is 0.0626 e. The molecule has 0 aromatic heterocycles. The second-order valence-electron chi connectivity index (χ2n) is 7.64. The van der Waals surface area contributed by atoms with Crippen LogP contribution in [0.2, 0.25) is 0 Å². The van der Waals surface area contributed by atoms with Gasteiger partial charge in [0.25, 0.3) is 0 Å². The van der Waals surface area contributed by atoms with Crippen LogP contribution in [0.4, 0.5) is 0 Å². The van der Waals surface area contributed by atoms with Gasteiger partial charge >= 0.3 is 0 Å². The van der Waals surface area contributed by atoms with Gasteiger partial charge in [-0.1, -0.05) is 38.0 Å². The van der Waals surface area contributed by atoms with Crippen LogP contribution in [0.3, 0.4) is 0 Å². The van der Waals surface area contributed by atoms with Crippen molar-refractivity contribution in [1.29, 1.82) is 0 Å². The number of hydrogen-bond acceptors (Lipinski definition) is 0. The van der Waals surface area contributed by atoms with E-state index in [1.807, 2.05) is 13.8 Å². The first-order valence-corrected chi connectivity index (χ1v) is 7.93. The summed E-state index contributed by atoms with van der Waals surface area (Å²) >= 11 is 0. The zero-order valence-electron chi connectivity index (χ0n) is 16.1. The summed E-state index contributed by atoms with van der Waals surface area (Å²) in [7, 11) is 0. The molecule has 4 aliphatic carbocycles. The molecule has 4 bridgehead atoms. The fourth-order valence-electron chi connectivity index (χ4n) is 5.29. The molecule has 4 fully saturated rings. The van der Waals surface area contributed by atoms with Gasteiger partial charge < -0.3 is 0 Å². The van der Waals surface area contributed by atoms with Gasteiger partial charge in [-0.2, -0.15) is 0 Å². The zero-order valence-corrected chi connectivity index (χ0v) is 12.1. The lowest BCUT2D eigenvalue weighted by Crippen LogP contribution is -2.48. The molecule has 0 nitrogen and oxygen atoms in total. The second-order valence-corrected chi connectivity index (χ2v) is 7.64. The van der Waals surface area contributed by atoms with E-state index >= 15 is 0 Å². The largest absolute Gasteiger partial charge is 0.0626 e. The van der Waals surface area contributed by atoms with Gasteiger partial charge in [-0.15, -0.1) is 0 Å². The van der Waals surface area contributed by atoms with Crippen LogP contribution < -0.4 is 0 Å². The van der Waals surface area contributed by atoms with E-state index in [2.05, 4.69) is 0 Å². The molecule has 0 amide bonds. The highest BCUT2D eigenvalue weighted by molar-refractivity contribution is 5.33. The maximum atomic E-state index is 8.61. The van der Waals surface area contributed by atoms with Crippen LogP contribution in [-0.2, 0) is 5.41 Å². The molecule has 0 saturated heterocycles. The summed E-state index contributed by atoms with van der Waals surface area (Å²) in [6, 6.07) is 0.895. The second kappa shape index (κ2) is 4.11. The monoisotopic (exact) mass is 258 g/mol. The highest BCUT2D eigenvalue weighted by Gasteiger charge is 2.51. The van der Waals surface area contributed by atoms with Gasteiger partial charge in [0, 0.05) is 0 Å². The van der Waals surface area contributed by atoms with Crippen molar-refractivity contribution in [2.75, 3.05) is 0 Å². The summed E-state index contributed by atoms with van der Waals surface area (Å²) in [5.74, 6) is 2.25. The standard InChI is InChI=1S/C19H26/c1-13(2)17-3-5-18(6-4-17)19-10-14-7-15(11-19)9-16(8-14)12-19/h3-6,13-16H,7-12H2,1-2H3/i3D,4D,5D,6D. The molecular formula is C19H26. The van der Waals surface area contributed by atoms with Gasteiger partial charge in [0.15, 0.2) is 0 Å². The summed E-state index contributed by atoms with van der Waals surface area (Å²) in [5.41, 5.74) is 1.24. The van der Waals surface area contributed by atoms with Crippen molar-refractivity contribution in [3.63, 3.8) is 0 Å². The Morgan fingerprint density at radius 2 is 1.42 bits per heavy atom. The van der Waals surface area contributed by atoms with Gasteiger partial charge in [-0.25, -0.2) is 0 Å². The molecule has 1 aromatic carbocycles. The first-order valence-electron chi connectivity index (χ1n) is 9.93. The molecule has 0 heteroatoms. The third kappa shape index (κ3) is 1.87. The topological polar surface area (TPSA) is 0 Å². The van der Waals surface area contributed by atoms with Crippen molar-refractivity contribution in [2.24, 2.45) is 17.8 Å². The molecule has 0 radical (unpaired) electrons. The Labute approximate surface area is 123 Å². The molecule has 0 atom stereocenters. The summed E-state index contributed by atoms with van der Waals surface area (Å²) < 4.78 is 34.1.